The second-order valence-corrected chi connectivity index (χ2v) is 13.9. The van der Waals surface area contributed by atoms with E-state index in [1.807, 2.05) is 0 Å². The van der Waals surface area contributed by atoms with Crippen LogP contribution in [-0.2, 0) is 44.1 Å². The van der Waals surface area contributed by atoms with Crippen LogP contribution in [0.4, 0.5) is 13.2 Å². The lowest BCUT2D eigenvalue weighted by molar-refractivity contribution is -0.356. The normalized spacial score (nSPS) is 48.0. The van der Waals surface area contributed by atoms with Crippen LogP contribution in [0.3, 0.4) is 0 Å². The van der Waals surface area contributed by atoms with Gasteiger partial charge in [-0.1, -0.05) is 12.1 Å². The number of fused-ring (bicyclic) bond motifs is 1. The van der Waals surface area contributed by atoms with Gasteiger partial charge in [0.15, 0.2) is 25.2 Å². The highest BCUT2D eigenvalue weighted by Crippen LogP contribution is 2.38. The fourth-order valence-corrected chi connectivity index (χ4v) is 7.21. The Morgan fingerprint density at radius 2 is 1.28 bits per heavy atom. The summed E-state index contributed by atoms with van der Waals surface area (Å²) in [5.74, 6) is 0. The molecule has 16 N–H and O–H groups in total. The lowest BCUT2D eigenvalue weighted by Gasteiger charge is -2.49. The van der Waals surface area contributed by atoms with Crippen LogP contribution in [0.2, 0.25) is 0 Å². The minimum absolute atomic E-state index is 0.0375. The monoisotopic (exact) mass is 771 g/mol. The molecule has 0 unspecified atom stereocenters. The van der Waals surface area contributed by atoms with Crippen molar-refractivity contribution in [3.05, 3.63) is 35.4 Å². The Hall–Kier alpha value is -1.75. The molecule has 4 aliphatic heterocycles. The fraction of sp³-hybridized carbons (Fsp3) is 0.806. The van der Waals surface area contributed by atoms with Gasteiger partial charge in [-0.2, -0.15) is 13.2 Å². The highest BCUT2D eigenvalue weighted by molar-refractivity contribution is 5.25. The maximum atomic E-state index is 13.0. The van der Waals surface area contributed by atoms with Crippen molar-refractivity contribution in [1.82, 2.24) is 0 Å². The molecule has 6 rings (SSSR count). The van der Waals surface area contributed by atoms with Gasteiger partial charge in [-0.25, -0.2) is 0 Å². The first-order valence-electron chi connectivity index (χ1n) is 17.1. The van der Waals surface area contributed by atoms with E-state index in [0.717, 1.165) is 12.1 Å². The van der Waals surface area contributed by atoms with Crippen molar-refractivity contribution in [2.75, 3.05) is 19.8 Å². The third-order valence-electron chi connectivity index (χ3n) is 10.3. The molecule has 0 spiro atoms. The molecule has 1 aromatic carbocycles. The van der Waals surface area contributed by atoms with Gasteiger partial charge >= 0.3 is 6.18 Å². The van der Waals surface area contributed by atoms with Crippen molar-refractivity contribution >= 4 is 0 Å². The van der Waals surface area contributed by atoms with Crippen molar-refractivity contribution in [3.63, 3.8) is 0 Å². The van der Waals surface area contributed by atoms with E-state index in [9.17, 15) is 43.8 Å². The zero-order chi connectivity index (χ0) is 38.5. The molecule has 53 heavy (non-hydrogen) atoms. The third kappa shape index (κ3) is 8.23. The topological polar surface area (TPSA) is 325 Å². The average molecular weight is 772 g/mol. The van der Waals surface area contributed by atoms with E-state index in [1.54, 1.807) is 0 Å². The first-order valence-corrected chi connectivity index (χ1v) is 17.1. The van der Waals surface area contributed by atoms with Crippen molar-refractivity contribution in [3.8, 4) is 0 Å². The summed E-state index contributed by atoms with van der Waals surface area (Å²) in [6, 6.07) is -0.244. The van der Waals surface area contributed by atoms with Crippen molar-refractivity contribution in [2.24, 2.45) is 28.7 Å². The molecule has 22 heteroatoms. The number of hydrogen-bond donors (Lipinski definition) is 11. The number of ether oxygens (including phenoxy) is 8. The molecule has 5 fully saturated rings. The largest absolute Gasteiger partial charge is 0.416 e. The summed E-state index contributed by atoms with van der Waals surface area (Å²) in [7, 11) is 0. The van der Waals surface area contributed by atoms with E-state index in [2.05, 4.69) is 0 Å². The van der Waals surface area contributed by atoms with E-state index < -0.39 is 141 Å². The standard InChI is InChI=1S/C31H48F3N5O14/c32-31(33,34)10-3-1-9(2-4-10)27-46-8-15-25(51-27)21(44)17(39)29(49-15)50-23-12(37)5-11(36)18(41)26(23)53-30-22(45)24(14(7-40)48-30)52-28-16(38)20(43)19(42)13(6-35)47-28/h1-4,11-30,40-45H,5-8,35-39H2/t11-,12+,13+,14+,15+,16-,17+,18+,19-,20-,21+,22+,23-,24+,25+,26-,27+,28-,29+,30-/m0/s1. The first-order chi connectivity index (χ1) is 25.0. The minimum Gasteiger partial charge on any atom is -0.394 e. The fourth-order valence-electron chi connectivity index (χ4n) is 7.21. The summed E-state index contributed by atoms with van der Waals surface area (Å²) in [6.45, 7) is -1.05. The highest BCUT2D eigenvalue weighted by atomic mass is 19.4. The predicted octanol–water partition coefficient (Wildman–Crippen LogP) is -5.08. The summed E-state index contributed by atoms with van der Waals surface area (Å²) < 4.78 is 86.1. The van der Waals surface area contributed by atoms with E-state index in [0.29, 0.717) is 0 Å². The zero-order valence-electron chi connectivity index (χ0n) is 28.2. The minimum atomic E-state index is -4.54. The zero-order valence-corrected chi connectivity index (χ0v) is 28.2. The van der Waals surface area contributed by atoms with Crippen LogP contribution in [0.1, 0.15) is 23.8 Å². The van der Waals surface area contributed by atoms with Crippen LogP contribution in [-0.4, -0.2) is 167 Å². The molecule has 1 saturated carbocycles. The van der Waals surface area contributed by atoms with Gasteiger partial charge in [0.25, 0.3) is 0 Å². The smallest absolute Gasteiger partial charge is 0.394 e. The molecule has 5 aliphatic rings. The van der Waals surface area contributed by atoms with Gasteiger partial charge in [0, 0.05) is 24.2 Å². The lowest BCUT2D eigenvalue weighted by atomic mass is 9.84. The molecule has 1 aliphatic carbocycles. The maximum absolute atomic E-state index is 13.0. The highest BCUT2D eigenvalue weighted by Gasteiger charge is 2.55. The van der Waals surface area contributed by atoms with Crippen LogP contribution in [0.15, 0.2) is 24.3 Å². The molecule has 0 radical (unpaired) electrons. The van der Waals surface area contributed by atoms with Gasteiger partial charge in [0.2, 0.25) is 0 Å². The Balaban J connectivity index is 1.12. The van der Waals surface area contributed by atoms with E-state index >= 15 is 0 Å². The van der Waals surface area contributed by atoms with Crippen LogP contribution < -0.4 is 28.7 Å². The Morgan fingerprint density at radius 3 is 1.92 bits per heavy atom. The molecular formula is C31H48F3N5O14. The molecule has 20 atom stereocenters. The van der Waals surface area contributed by atoms with E-state index in [1.165, 1.54) is 12.1 Å². The second kappa shape index (κ2) is 16.4. The van der Waals surface area contributed by atoms with Crippen molar-refractivity contribution < 1.29 is 81.7 Å². The van der Waals surface area contributed by atoms with E-state index in [4.69, 9.17) is 66.6 Å². The van der Waals surface area contributed by atoms with Crippen LogP contribution in [0.25, 0.3) is 0 Å². The van der Waals surface area contributed by atoms with Gasteiger partial charge in [-0.05, 0) is 18.6 Å². The number of alkyl halides is 3. The van der Waals surface area contributed by atoms with Gasteiger partial charge in [0.05, 0.1) is 37.0 Å². The Labute approximate surface area is 300 Å². The van der Waals surface area contributed by atoms with E-state index in [-0.39, 0.29) is 25.1 Å². The molecule has 0 aromatic heterocycles. The van der Waals surface area contributed by atoms with Gasteiger partial charge in [-0.15, -0.1) is 0 Å². The average Bonchev–Trinajstić information content (AvgIpc) is 3.43. The molecule has 19 nitrogen and oxygen atoms in total. The third-order valence-corrected chi connectivity index (χ3v) is 10.3. The Bertz CT molecular complexity index is 1360. The quantitative estimate of drug-likeness (QED) is 0.112. The second-order valence-electron chi connectivity index (χ2n) is 13.9. The summed E-state index contributed by atoms with van der Waals surface area (Å²) in [6.07, 6.45) is -25.7. The lowest BCUT2D eigenvalue weighted by Crippen LogP contribution is -2.69. The van der Waals surface area contributed by atoms with Gasteiger partial charge in [0.1, 0.15) is 67.1 Å². The molecule has 4 heterocycles. The maximum Gasteiger partial charge on any atom is 0.416 e. The van der Waals surface area contributed by atoms with Crippen molar-refractivity contribution in [2.45, 2.75) is 135 Å². The van der Waals surface area contributed by atoms with Crippen LogP contribution in [0.5, 0.6) is 0 Å². The molecule has 4 saturated heterocycles. The number of benzene rings is 1. The Morgan fingerprint density at radius 1 is 0.679 bits per heavy atom. The number of aliphatic hydroxyl groups is 6. The molecular weight excluding hydrogens is 723 g/mol. The molecule has 0 amide bonds. The summed E-state index contributed by atoms with van der Waals surface area (Å²) >= 11 is 0. The summed E-state index contributed by atoms with van der Waals surface area (Å²) in [5, 5.41) is 64.2. The van der Waals surface area contributed by atoms with Crippen LogP contribution >= 0.6 is 0 Å². The Kier molecular flexibility index (Phi) is 12.6. The summed E-state index contributed by atoms with van der Waals surface area (Å²) in [4.78, 5) is 0. The SMILES string of the molecule is NC[C@H]1O[C@@H](O[C@H]2[C@@H](O)[C@H](O[C@H]3[C@H](O)[C@@H](N)C[C@@H](N)[C@@H]3O[C@H]3O[C@@H]4CO[C@@H](c5ccc(C(F)(F)F)cc5)O[C@H]4[C@H](O)[C@H]3N)O[C@@H]2CO)[C@@H](N)[C@H](O)[C@H]1O. The molecule has 0 bridgehead atoms. The summed E-state index contributed by atoms with van der Waals surface area (Å²) in [5.41, 5.74) is 30.0. The molecule has 1 aromatic rings. The number of aliphatic hydroxyl groups excluding tert-OH is 6. The van der Waals surface area contributed by atoms with Gasteiger partial charge < -0.3 is 97.2 Å². The number of halogens is 3. The number of nitrogens with two attached hydrogens (primary N) is 5. The first kappa shape index (κ1) is 40.9. The van der Waals surface area contributed by atoms with Crippen molar-refractivity contribution in [1.29, 1.82) is 0 Å². The number of hydrogen-bond acceptors (Lipinski definition) is 19. The predicted molar refractivity (Wildman–Crippen MR) is 168 cm³/mol. The molecule has 302 valence electrons. The number of rotatable bonds is 9. The van der Waals surface area contributed by atoms with Crippen LogP contribution in [0, 0.1) is 0 Å². The van der Waals surface area contributed by atoms with Gasteiger partial charge in [-0.3, -0.25) is 0 Å².